The lowest BCUT2D eigenvalue weighted by molar-refractivity contribution is -0.113. The third-order valence-electron chi connectivity index (χ3n) is 3.61. The first-order chi connectivity index (χ1) is 10.6. The van der Waals surface area contributed by atoms with E-state index in [1.165, 1.54) is 4.90 Å². The van der Waals surface area contributed by atoms with E-state index >= 15 is 0 Å². The van der Waals surface area contributed by atoms with Gasteiger partial charge in [-0.1, -0.05) is 12.1 Å². The van der Waals surface area contributed by atoms with Gasteiger partial charge in [0.05, 0.1) is 10.6 Å². The molecule has 1 aromatic carbocycles. The van der Waals surface area contributed by atoms with Crippen molar-refractivity contribution >= 4 is 34.7 Å². The Morgan fingerprint density at radius 3 is 2.55 bits per heavy atom. The standard InChI is InChI=1S/C17H14N2O2S/c1-11-4-3-5-14(12(11)2)19-16(20)15(22-17(19)21)10-13-6-8-18-9-7-13/h3-10H,1-2H3/b15-10-. The summed E-state index contributed by atoms with van der Waals surface area (Å²) in [5.41, 5.74) is 3.49. The highest BCUT2D eigenvalue weighted by molar-refractivity contribution is 8.19. The van der Waals surface area contributed by atoms with Crippen LogP contribution < -0.4 is 4.90 Å². The van der Waals surface area contributed by atoms with Gasteiger partial charge in [-0.15, -0.1) is 0 Å². The number of hydrogen-bond acceptors (Lipinski definition) is 4. The van der Waals surface area contributed by atoms with Crippen LogP contribution in [0.5, 0.6) is 0 Å². The Morgan fingerprint density at radius 1 is 1.09 bits per heavy atom. The fourth-order valence-corrected chi connectivity index (χ4v) is 3.10. The van der Waals surface area contributed by atoms with E-state index < -0.39 is 0 Å². The van der Waals surface area contributed by atoms with E-state index in [0.29, 0.717) is 10.6 Å². The summed E-state index contributed by atoms with van der Waals surface area (Å²) in [7, 11) is 0. The highest BCUT2D eigenvalue weighted by Crippen LogP contribution is 2.37. The van der Waals surface area contributed by atoms with Crippen LogP contribution in [0, 0.1) is 13.8 Å². The van der Waals surface area contributed by atoms with Crippen LogP contribution in [0.2, 0.25) is 0 Å². The van der Waals surface area contributed by atoms with E-state index in [1.807, 2.05) is 26.0 Å². The zero-order chi connectivity index (χ0) is 15.7. The number of anilines is 1. The van der Waals surface area contributed by atoms with Gasteiger partial charge in [-0.25, -0.2) is 4.90 Å². The van der Waals surface area contributed by atoms with E-state index in [0.717, 1.165) is 28.5 Å². The Bertz CT molecular complexity index is 785. The molecule has 0 saturated carbocycles. The summed E-state index contributed by atoms with van der Waals surface area (Å²) in [6.45, 7) is 3.88. The maximum absolute atomic E-state index is 12.6. The zero-order valence-corrected chi connectivity index (χ0v) is 13.1. The van der Waals surface area contributed by atoms with Crippen molar-refractivity contribution in [2.75, 3.05) is 4.90 Å². The van der Waals surface area contributed by atoms with Gasteiger partial charge in [-0.05, 0) is 66.6 Å². The van der Waals surface area contributed by atoms with Crippen LogP contribution in [-0.4, -0.2) is 16.1 Å². The Hall–Kier alpha value is -2.40. The van der Waals surface area contributed by atoms with Crippen LogP contribution in [0.15, 0.2) is 47.6 Å². The summed E-state index contributed by atoms with van der Waals surface area (Å²) < 4.78 is 0. The van der Waals surface area contributed by atoms with Crippen molar-refractivity contribution in [2.45, 2.75) is 13.8 Å². The smallest absolute Gasteiger partial charge is 0.268 e. The molecule has 0 aliphatic carbocycles. The lowest BCUT2D eigenvalue weighted by Crippen LogP contribution is -2.28. The van der Waals surface area contributed by atoms with Crippen molar-refractivity contribution in [1.29, 1.82) is 0 Å². The summed E-state index contributed by atoms with van der Waals surface area (Å²) in [6.07, 6.45) is 5.03. The number of aromatic nitrogens is 1. The number of rotatable bonds is 2. The molecule has 0 unspecified atom stereocenters. The fourth-order valence-electron chi connectivity index (χ4n) is 2.26. The first-order valence-electron chi connectivity index (χ1n) is 6.82. The second-order valence-corrected chi connectivity index (χ2v) is 6.01. The van der Waals surface area contributed by atoms with Crippen LogP contribution >= 0.6 is 11.8 Å². The average Bonchev–Trinajstić information content (AvgIpc) is 2.78. The van der Waals surface area contributed by atoms with Crippen molar-refractivity contribution in [2.24, 2.45) is 0 Å². The molecular weight excluding hydrogens is 296 g/mol. The van der Waals surface area contributed by atoms with Crippen LogP contribution in [0.1, 0.15) is 16.7 Å². The van der Waals surface area contributed by atoms with E-state index in [-0.39, 0.29) is 11.1 Å². The van der Waals surface area contributed by atoms with Gasteiger partial charge < -0.3 is 0 Å². The second-order valence-electron chi connectivity index (χ2n) is 5.02. The van der Waals surface area contributed by atoms with Gasteiger partial charge in [0.1, 0.15) is 0 Å². The van der Waals surface area contributed by atoms with Crippen LogP contribution in [-0.2, 0) is 4.79 Å². The predicted octanol–water partition coefficient (Wildman–Crippen LogP) is 3.94. The zero-order valence-electron chi connectivity index (χ0n) is 12.2. The second kappa shape index (κ2) is 5.77. The SMILES string of the molecule is Cc1cccc(N2C(=O)S/C(=C\c3ccncc3)C2=O)c1C. The van der Waals surface area contributed by atoms with E-state index in [4.69, 9.17) is 0 Å². The molecule has 1 aliphatic rings. The minimum Gasteiger partial charge on any atom is -0.268 e. The number of hydrogen-bond donors (Lipinski definition) is 0. The molecule has 0 radical (unpaired) electrons. The molecule has 1 fully saturated rings. The molecule has 110 valence electrons. The maximum atomic E-state index is 12.6. The Morgan fingerprint density at radius 2 is 1.82 bits per heavy atom. The van der Waals surface area contributed by atoms with Gasteiger partial charge in [0.2, 0.25) is 0 Å². The summed E-state index contributed by atoms with van der Waals surface area (Å²) >= 11 is 0.964. The molecule has 1 saturated heterocycles. The highest BCUT2D eigenvalue weighted by Gasteiger charge is 2.37. The minimum atomic E-state index is -0.277. The predicted molar refractivity (Wildman–Crippen MR) is 88.6 cm³/mol. The topological polar surface area (TPSA) is 50.3 Å². The lowest BCUT2D eigenvalue weighted by atomic mass is 10.1. The van der Waals surface area contributed by atoms with E-state index in [2.05, 4.69) is 4.98 Å². The van der Waals surface area contributed by atoms with E-state index in [9.17, 15) is 9.59 Å². The van der Waals surface area contributed by atoms with Gasteiger partial charge in [0, 0.05) is 12.4 Å². The van der Waals surface area contributed by atoms with Crippen molar-refractivity contribution < 1.29 is 9.59 Å². The first-order valence-corrected chi connectivity index (χ1v) is 7.64. The molecule has 2 aromatic rings. The fraction of sp³-hybridized carbons (Fsp3) is 0.118. The van der Waals surface area contributed by atoms with Crippen molar-refractivity contribution in [3.8, 4) is 0 Å². The van der Waals surface area contributed by atoms with E-state index in [1.54, 1.807) is 36.7 Å². The average molecular weight is 310 g/mol. The van der Waals surface area contributed by atoms with Crippen molar-refractivity contribution in [1.82, 2.24) is 4.98 Å². The maximum Gasteiger partial charge on any atom is 0.298 e. The Balaban J connectivity index is 1.99. The van der Waals surface area contributed by atoms with Crippen molar-refractivity contribution in [3.05, 3.63) is 64.3 Å². The van der Waals surface area contributed by atoms with Crippen LogP contribution in [0.4, 0.5) is 10.5 Å². The number of nitrogens with zero attached hydrogens (tertiary/aromatic N) is 2. The monoisotopic (exact) mass is 310 g/mol. The molecule has 22 heavy (non-hydrogen) atoms. The van der Waals surface area contributed by atoms with Gasteiger partial charge in [0.25, 0.3) is 11.1 Å². The number of aryl methyl sites for hydroxylation is 1. The van der Waals surface area contributed by atoms with Crippen LogP contribution in [0.25, 0.3) is 6.08 Å². The Labute approximate surface area is 132 Å². The molecule has 5 heteroatoms. The van der Waals surface area contributed by atoms with Crippen LogP contribution in [0.3, 0.4) is 0 Å². The third-order valence-corrected chi connectivity index (χ3v) is 4.48. The molecule has 0 spiro atoms. The number of pyridine rings is 1. The molecule has 2 amide bonds. The molecular formula is C17H14N2O2S. The molecule has 1 aliphatic heterocycles. The molecule has 0 bridgehead atoms. The van der Waals surface area contributed by atoms with Gasteiger partial charge in [-0.3, -0.25) is 14.6 Å². The number of carbonyl (C=O) groups excluding carboxylic acids is 2. The van der Waals surface area contributed by atoms with Gasteiger partial charge in [0.15, 0.2) is 0 Å². The Kier molecular flexibility index (Phi) is 3.81. The number of imide groups is 1. The molecule has 0 N–H and O–H groups in total. The third kappa shape index (κ3) is 2.55. The summed E-state index contributed by atoms with van der Waals surface area (Å²) in [5.74, 6) is -0.277. The van der Waals surface area contributed by atoms with Gasteiger partial charge in [-0.2, -0.15) is 0 Å². The molecule has 4 nitrogen and oxygen atoms in total. The lowest BCUT2D eigenvalue weighted by Gasteiger charge is -2.16. The first kappa shape index (κ1) is 14.5. The highest BCUT2D eigenvalue weighted by atomic mass is 32.2. The quantitative estimate of drug-likeness (QED) is 0.788. The number of thioether (sulfide) groups is 1. The van der Waals surface area contributed by atoms with Crippen molar-refractivity contribution in [3.63, 3.8) is 0 Å². The minimum absolute atomic E-state index is 0.265. The molecule has 1 aromatic heterocycles. The normalized spacial score (nSPS) is 16.6. The molecule has 0 atom stereocenters. The number of benzene rings is 1. The molecule has 3 rings (SSSR count). The number of amides is 2. The van der Waals surface area contributed by atoms with Gasteiger partial charge >= 0.3 is 0 Å². The summed E-state index contributed by atoms with van der Waals surface area (Å²) in [4.78, 5) is 30.5. The summed E-state index contributed by atoms with van der Waals surface area (Å²) in [6, 6.07) is 9.21. The number of carbonyl (C=O) groups is 2. The molecule has 2 heterocycles. The summed E-state index contributed by atoms with van der Waals surface area (Å²) in [5, 5.41) is -0.265. The largest absolute Gasteiger partial charge is 0.298 e.